The molecule has 0 amide bonds. The van der Waals surface area contributed by atoms with E-state index < -0.39 is 11.9 Å². The average Bonchev–Trinajstić information content (AvgIpc) is 3.18. The molecule has 2 aromatic carbocycles. The van der Waals surface area contributed by atoms with Crippen molar-refractivity contribution in [3.05, 3.63) is 71.3 Å². The van der Waals surface area contributed by atoms with Gasteiger partial charge in [0.05, 0.1) is 25.3 Å². The van der Waals surface area contributed by atoms with Crippen LogP contribution in [0.1, 0.15) is 26.3 Å². The quantitative estimate of drug-likeness (QED) is 0.422. The summed E-state index contributed by atoms with van der Waals surface area (Å²) in [5, 5.41) is 7.01. The van der Waals surface area contributed by atoms with E-state index in [2.05, 4.69) is 10.6 Å². The van der Waals surface area contributed by atoms with E-state index >= 15 is 0 Å². The van der Waals surface area contributed by atoms with E-state index in [1.165, 1.54) is 25.6 Å². The molecule has 30 heavy (non-hydrogen) atoms. The average molecular weight is 441 g/mol. The molecule has 2 N–H and O–H groups in total. The second-order valence-corrected chi connectivity index (χ2v) is 7.77. The number of benzene rings is 2. The molecule has 0 fully saturated rings. The lowest BCUT2D eigenvalue weighted by Gasteiger charge is -2.13. The summed E-state index contributed by atoms with van der Waals surface area (Å²) in [5.41, 5.74) is 3.35. The lowest BCUT2D eigenvalue weighted by atomic mass is 10.1. The third kappa shape index (κ3) is 4.84. The number of ether oxygens (including phenoxy) is 2. The molecule has 0 saturated heterocycles. The highest BCUT2D eigenvalue weighted by molar-refractivity contribution is 7.80. The highest BCUT2D eigenvalue weighted by atomic mass is 32.1. The summed E-state index contributed by atoms with van der Waals surface area (Å²) in [5.74, 6) is -0.890. The summed E-state index contributed by atoms with van der Waals surface area (Å²) in [6.45, 7) is 1.89. The van der Waals surface area contributed by atoms with Crippen LogP contribution < -0.4 is 10.6 Å². The molecule has 6 nitrogen and oxygen atoms in total. The molecule has 3 aromatic rings. The Morgan fingerprint density at radius 3 is 2.30 bits per heavy atom. The first-order valence-electron chi connectivity index (χ1n) is 8.97. The van der Waals surface area contributed by atoms with Crippen molar-refractivity contribution in [2.75, 3.05) is 24.9 Å². The number of esters is 2. The molecular weight excluding hydrogens is 420 g/mol. The third-order valence-corrected chi connectivity index (χ3v) is 5.63. The highest BCUT2D eigenvalue weighted by Crippen LogP contribution is 2.36. The summed E-state index contributed by atoms with van der Waals surface area (Å²) in [6, 6.07) is 16.7. The van der Waals surface area contributed by atoms with Crippen LogP contribution in [-0.2, 0) is 9.47 Å². The molecule has 0 aliphatic rings. The van der Waals surface area contributed by atoms with Crippen molar-refractivity contribution in [2.45, 2.75) is 6.92 Å². The van der Waals surface area contributed by atoms with E-state index in [1.54, 1.807) is 24.3 Å². The van der Waals surface area contributed by atoms with E-state index in [0.29, 0.717) is 21.8 Å². The Morgan fingerprint density at radius 1 is 0.933 bits per heavy atom. The predicted octanol–water partition coefficient (Wildman–Crippen LogP) is 5.11. The van der Waals surface area contributed by atoms with Crippen molar-refractivity contribution in [1.29, 1.82) is 0 Å². The Hall–Kier alpha value is -3.23. The Kier molecular flexibility index (Phi) is 6.81. The standard InChI is InChI=1S/C22H20N2O4S2/c1-13-9-10-15(20(25)27-2)11-17(13)23-22(29)24-19-16(21(26)28-3)12-18(30-19)14-7-5-4-6-8-14/h4-12H,1-3H3,(H2,23,24,29). The Bertz CT molecular complexity index is 1090. The largest absolute Gasteiger partial charge is 0.465 e. The van der Waals surface area contributed by atoms with Crippen LogP contribution in [-0.4, -0.2) is 31.3 Å². The van der Waals surface area contributed by atoms with E-state index in [1.807, 2.05) is 37.3 Å². The molecule has 0 atom stereocenters. The van der Waals surface area contributed by atoms with Crippen LogP contribution in [0.15, 0.2) is 54.6 Å². The highest BCUT2D eigenvalue weighted by Gasteiger charge is 2.19. The molecule has 0 aliphatic carbocycles. The van der Waals surface area contributed by atoms with E-state index in [4.69, 9.17) is 21.7 Å². The Morgan fingerprint density at radius 2 is 1.63 bits per heavy atom. The molecular formula is C22H20N2O4S2. The van der Waals surface area contributed by atoms with Crippen LogP contribution in [0.5, 0.6) is 0 Å². The van der Waals surface area contributed by atoms with Gasteiger partial charge < -0.3 is 20.1 Å². The fraction of sp³-hybridized carbons (Fsp3) is 0.136. The van der Waals surface area contributed by atoms with Gasteiger partial charge in [0, 0.05) is 10.6 Å². The number of hydrogen-bond acceptors (Lipinski definition) is 6. The van der Waals surface area contributed by atoms with Crippen molar-refractivity contribution in [1.82, 2.24) is 0 Å². The minimum absolute atomic E-state index is 0.284. The molecule has 8 heteroatoms. The lowest BCUT2D eigenvalue weighted by molar-refractivity contribution is 0.0592. The van der Waals surface area contributed by atoms with Gasteiger partial charge in [0.1, 0.15) is 5.00 Å². The summed E-state index contributed by atoms with van der Waals surface area (Å²) in [4.78, 5) is 25.0. The van der Waals surface area contributed by atoms with E-state index in [0.717, 1.165) is 16.0 Å². The zero-order valence-electron chi connectivity index (χ0n) is 16.6. The van der Waals surface area contributed by atoms with Crippen LogP contribution in [0.2, 0.25) is 0 Å². The molecule has 3 rings (SSSR count). The molecule has 0 aliphatic heterocycles. The van der Waals surface area contributed by atoms with E-state index in [-0.39, 0.29) is 5.11 Å². The maximum atomic E-state index is 12.3. The SMILES string of the molecule is COC(=O)c1ccc(C)c(NC(=S)Nc2sc(-c3ccccc3)cc2C(=O)OC)c1. The molecule has 1 aromatic heterocycles. The van der Waals surface area contributed by atoms with Gasteiger partial charge in [-0.05, 0) is 48.5 Å². The Labute approximate surface area is 183 Å². The third-order valence-electron chi connectivity index (χ3n) is 4.33. The number of thiophene rings is 1. The first-order chi connectivity index (χ1) is 14.4. The van der Waals surface area contributed by atoms with Gasteiger partial charge in [-0.2, -0.15) is 0 Å². The molecule has 0 bridgehead atoms. The smallest absolute Gasteiger partial charge is 0.340 e. The fourth-order valence-corrected chi connectivity index (χ4v) is 4.08. The first-order valence-corrected chi connectivity index (χ1v) is 10.2. The van der Waals surface area contributed by atoms with Gasteiger partial charge in [-0.15, -0.1) is 11.3 Å². The van der Waals surface area contributed by atoms with Crippen molar-refractivity contribution < 1.29 is 19.1 Å². The number of nitrogens with one attached hydrogen (secondary N) is 2. The fourth-order valence-electron chi connectivity index (χ4n) is 2.75. The van der Waals surface area contributed by atoms with Crippen LogP contribution in [0.4, 0.5) is 10.7 Å². The van der Waals surface area contributed by atoms with Gasteiger partial charge in [0.15, 0.2) is 5.11 Å². The zero-order chi connectivity index (χ0) is 21.7. The maximum absolute atomic E-state index is 12.3. The van der Waals surface area contributed by atoms with Gasteiger partial charge in [-0.3, -0.25) is 0 Å². The number of methoxy groups -OCH3 is 2. The van der Waals surface area contributed by atoms with Gasteiger partial charge in [-0.25, -0.2) is 9.59 Å². The number of hydrogen-bond donors (Lipinski definition) is 2. The van der Waals surface area contributed by atoms with Crippen LogP contribution in [0, 0.1) is 6.92 Å². The van der Waals surface area contributed by atoms with Gasteiger partial charge in [-0.1, -0.05) is 36.4 Å². The minimum atomic E-state index is -0.456. The van der Waals surface area contributed by atoms with E-state index in [9.17, 15) is 9.59 Å². The number of anilines is 2. The van der Waals surface area contributed by atoms with Crippen molar-refractivity contribution in [3.8, 4) is 10.4 Å². The summed E-state index contributed by atoms with van der Waals surface area (Å²) in [6.07, 6.45) is 0. The molecule has 0 radical (unpaired) electrons. The molecule has 1 heterocycles. The molecule has 0 spiro atoms. The van der Waals surface area contributed by atoms with Gasteiger partial charge in [0.2, 0.25) is 0 Å². The summed E-state index contributed by atoms with van der Waals surface area (Å²) < 4.78 is 9.68. The van der Waals surface area contributed by atoms with Crippen LogP contribution in [0.25, 0.3) is 10.4 Å². The molecule has 0 saturated carbocycles. The number of aryl methyl sites for hydroxylation is 1. The van der Waals surface area contributed by atoms with Crippen LogP contribution >= 0.6 is 23.6 Å². The molecule has 154 valence electrons. The number of carbonyl (C=O) groups is 2. The Balaban J connectivity index is 1.85. The van der Waals surface area contributed by atoms with Crippen molar-refractivity contribution >= 4 is 51.3 Å². The predicted molar refractivity (Wildman–Crippen MR) is 123 cm³/mol. The second-order valence-electron chi connectivity index (χ2n) is 6.31. The number of rotatable bonds is 5. The lowest BCUT2D eigenvalue weighted by Crippen LogP contribution is -2.20. The topological polar surface area (TPSA) is 76.7 Å². The van der Waals surface area contributed by atoms with Crippen molar-refractivity contribution in [2.24, 2.45) is 0 Å². The van der Waals surface area contributed by atoms with Crippen molar-refractivity contribution in [3.63, 3.8) is 0 Å². The second kappa shape index (κ2) is 9.51. The summed E-state index contributed by atoms with van der Waals surface area (Å²) >= 11 is 6.84. The zero-order valence-corrected chi connectivity index (χ0v) is 18.3. The van der Waals surface area contributed by atoms with Gasteiger partial charge in [0.25, 0.3) is 0 Å². The van der Waals surface area contributed by atoms with Gasteiger partial charge >= 0.3 is 11.9 Å². The summed E-state index contributed by atoms with van der Waals surface area (Å²) in [7, 11) is 2.67. The first kappa shape index (κ1) is 21.5. The minimum Gasteiger partial charge on any atom is -0.465 e. The normalized spacial score (nSPS) is 10.2. The molecule has 0 unspecified atom stereocenters. The number of carbonyl (C=O) groups excluding carboxylic acids is 2. The monoisotopic (exact) mass is 440 g/mol. The van der Waals surface area contributed by atoms with Crippen LogP contribution in [0.3, 0.4) is 0 Å². The number of thiocarbonyl (C=S) groups is 1. The maximum Gasteiger partial charge on any atom is 0.340 e.